The number of hydrogen-bond donors (Lipinski definition) is 2. The number of alkyl halides is 3. The van der Waals surface area contributed by atoms with Crippen LogP contribution < -0.4 is 19.5 Å². The number of amides is 1. The zero-order chi connectivity index (χ0) is 23.4. The summed E-state index contributed by atoms with van der Waals surface area (Å²) in [5.41, 5.74) is 0.234. The van der Waals surface area contributed by atoms with E-state index in [4.69, 9.17) is 4.74 Å². The number of rotatable bonds is 8. The second kappa shape index (κ2) is 9.78. The van der Waals surface area contributed by atoms with E-state index in [9.17, 15) is 26.4 Å². The van der Waals surface area contributed by atoms with Gasteiger partial charge in [-0.2, -0.15) is 13.2 Å². The van der Waals surface area contributed by atoms with Crippen LogP contribution in [0.15, 0.2) is 47.4 Å². The van der Waals surface area contributed by atoms with Gasteiger partial charge in [-0.1, -0.05) is 18.9 Å². The number of ether oxygens (including phenoxy) is 2. The van der Waals surface area contributed by atoms with Crippen LogP contribution in [0.25, 0.3) is 0 Å². The third kappa shape index (κ3) is 6.36. The zero-order valence-electron chi connectivity index (χ0n) is 17.2. The van der Waals surface area contributed by atoms with E-state index in [1.165, 1.54) is 49.6 Å². The molecule has 7 nitrogen and oxygen atoms in total. The van der Waals surface area contributed by atoms with Gasteiger partial charge in [-0.05, 0) is 43.2 Å². The lowest BCUT2D eigenvalue weighted by Gasteiger charge is -2.16. The third-order valence-corrected chi connectivity index (χ3v) is 6.43. The van der Waals surface area contributed by atoms with E-state index in [1.54, 1.807) is 0 Å². The predicted octanol–water partition coefficient (Wildman–Crippen LogP) is 4.11. The zero-order valence-corrected chi connectivity index (χ0v) is 18.1. The summed E-state index contributed by atoms with van der Waals surface area (Å²) >= 11 is 0. The number of sulfonamides is 1. The van der Waals surface area contributed by atoms with E-state index < -0.39 is 28.7 Å². The van der Waals surface area contributed by atoms with Crippen molar-refractivity contribution >= 4 is 21.6 Å². The highest BCUT2D eigenvalue weighted by Crippen LogP contribution is 2.28. The first-order valence-corrected chi connectivity index (χ1v) is 11.4. The number of carbonyl (C=O) groups excluding carboxylic acids is 1. The van der Waals surface area contributed by atoms with Gasteiger partial charge in [0.2, 0.25) is 10.0 Å². The molecule has 0 saturated heterocycles. The first-order valence-electron chi connectivity index (χ1n) is 9.89. The van der Waals surface area contributed by atoms with E-state index in [0.717, 1.165) is 25.7 Å². The maximum Gasteiger partial charge on any atom is 0.422 e. The molecule has 0 aliphatic heterocycles. The molecule has 1 fully saturated rings. The van der Waals surface area contributed by atoms with Gasteiger partial charge in [-0.15, -0.1) is 0 Å². The SMILES string of the molecule is COc1ccc(C(=O)Nc2cccc(OCC(F)(F)F)c2)cc1S(=O)(=O)NC1CCCC1. The first-order chi connectivity index (χ1) is 15.1. The summed E-state index contributed by atoms with van der Waals surface area (Å²) in [7, 11) is -2.60. The molecule has 0 atom stereocenters. The van der Waals surface area contributed by atoms with Crippen molar-refractivity contribution in [3.05, 3.63) is 48.0 Å². The van der Waals surface area contributed by atoms with Crippen molar-refractivity contribution in [2.24, 2.45) is 0 Å². The van der Waals surface area contributed by atoms with Crippen LogP contribution in [0.3, 0.4) is 0 Å². The van der Waals surface area contributed by atoms with Crippen molar-refractivity contribution in [1.29, 1.82) is 0 Å². The molecular weight excluding hydrogens is 449 g/mol. The molecule has 1 aliphatic rings. The fraction of sp³-hybridized carbons (Fsp3) is 0.381. The molecule has 0 heterocycles. The number of anilines is 1. The van der Waals surface area contributed by atoms with Crippen molar-refractivity contribution in [3.63, 3.8) is 0 Å². The van der Waals surface area contributed by atoms with Crippen molar-refractivity contribution in [2.75, 3.05) is 19.0 Å². The highest BCUT2D eigenvalue weighted by molar-refractivity contribution is 7.89. The summed E-state index contributed by atoms with van der Waals surface area (Å²) < 4.78 is 75.2. The molecule has 0 radical (unpaired) electrons. The summed E-state index contributed by atoms with van der Waals surface area (Å²) in [5.74, 6) is -0.619. The summed E-state index contributed by atoms with van der Waals surface area (Å²) in [6.45, 7) is -1.46. The van der Waals surface area contributed by atoms with E-state index >= 15 is 0 Å². The van der Waals surface area contributed by atoms with Gasteiger partial charge in [0.05, 0.1) is 7.11 Å². The van der Waals surface area contributed by atoms with Crippen LogP contribution in [0.5, 0.6) is 11.5 Å². The number of nitrogens with one attached hydrogen (secondary N) is 2. The highest BCUT2D eigenvalue weighted by Gasteiger charge is 2.29. The van der Waals surface area contributed by atoms with E-state index in [-0.39, 0.29) is 33.7 Å². The molecule has 1 aliphatic carbocycles. The molecule has 2 aromatic carbocycles. The Morgan fingerprint density at radius 1 is 1.12 bits per heavy atom. The largest absolute Gasteiger partial charge is 0.495 e. The molecule has 2 N–H and O–H groups in total. The van der Waals surface area contributed by atoms with Crippen LogP contribution in [-0.4, -0.2) is 40.3 Å². The molecule has 0 aromatic heterocycles. The first kappa shape index (κ1) is 23.9. The lowest BCUT2D eigenvalue weighted by Crippen LogP contribution is -2.33. The third-order valence-electron chi connectivity index (χ3n) is 4.89. The minimum Gasteiger partial charge on any atom is -0.495 e. The number of halogens is 3. The molecule has 174 valence electrons. The quantitative estimate of drug-likeness (QED) is 0.603. The van der Waals surface area contributed by atoms with E-state index in [0.29, 0.717) is 0 Å². The standard InChI is InChI=1S/C21H23F3N2O5S/c1-30-18-10-9-14(11-19(18)32(28,29)26-15-5-2-3-6-15)20(27)25-16-7-4-8-17(12-16)31-13-21(22,23)24/h4,7-12,15,26H,2-3,5-6,13H2,1H3,(H,25,27). The Morgan fingerprint density at radius 2 is 1.84 bits per heavy atom. The fourth-order valence-electron chi connectivity index (χ4n) is 3.39. The number of hydrogen-bond acceptors (Lipinski definition) is 5. The van der Waals surface area contributed by atoms with Gasteiger partial charge in [0.15, 0.2) is 6.61 Å². The summed E-state index contributed by atoms with van der Waals surface area (Å²) in [4.78, 5) is 12.5. The molecule has 3 rings (SSSR count). The predicted molar refractivity (Wildman–Crippen MR) is 112 cm³/mol. The van der Waals surface area contributed by atoms with Crippen molar-refractivity contribution in [2.45, 2.75) is 42.8 Å². The average molecular weight is 472 g/mol. The van der Waals surface area contributed by atoms with Crippen LogP contribution in [0, 0.1) is 0 Å². The van der Waals surface area contributed by atoms with Gasteiger partial charge in [0, 0.05) is 23.4 Å². The van der Waals surface area contributed by atoms with Gasteiger partial charge < -0.3 is 14.8 Å². The van der Waals surface area contributed by atoms with Gasteiger partial charge in [0.25, 0.3) is 5.91 Å². The van der Waals surface area contributed by atoms with Crippen LogP contribution in [0.4, 0.5) is 18.9 Å². The monoisotopic (exact) mass is 472 g/mol. The summed E-state index contributed by atoms with van der Waals surface area (Å²) in [6, 6.07) is 9.28. The lowest BCUT2D eigenvalue weighted by atomic mass is 10.2. The Morgan fingerprint density at radius 3 is 2.50 bits per heavy atom. The van der Waals surface area contributed by atoms with Gasteiger partial charge >= 0.3 is 6.18 Å². The molecule has 0 bridgehead atoms. The van der Waals surface area contributed by atoms with Gasteiger partial charge in [-0.3, -0.25) is 4.79 Å². The van der Waals surface area contributed by atoms with Crippen LogP contribution in [-0.2, 0) is 10.0 Å². The molecule has 2 aromatic rings. The number of carbonyl (C=O) groups is 1. The maximum atomic E-state index is 12.9. The fourth-order valence-corrected chi connectivity index (χ4v) is 4.89. The highest BCUT2D eigenvalue weighted by atomic mass is 32.2. The Hall–Kier alpha value is -2.79. The van der Waals surface area contributed by atoms with E-state index in [1.807, 2.05) is 0 Å². The van der Waals surface area contributed by atoms with Crippen molar-refractivity contribution < 1.29 is 35.9 Å². The summed E-state index contributed by atoms with van der Waals surface area (Å²) in [5, 5.41) is 2.53. The van der Waals surface area contributed by atoms with Crippen LogP contribution >= 0.6 is 0 Å². The Labute approximate surface area is 184 Å². The maximum absolute atomic E-state index is 12.9. The van der Waals surface area contributed by atoms with Gasteiger partial charge in [-0.25, -0.2) is 13.1 Å². The number of benzene rings is 2. The van der Waals surface area contributed by atoms with E-state index in [2.05, 4.69) is 14.8 Å². The molecule has 32 heavy (non-hydrogen) atoms. The molecular formula is C21H23F3N2O5S. The van der Waals surface area contributed by atoms with Crippen molar-refractivity contribution in [1.82, 2.24) is 4.72 Å². The second-order valence-electron chi connectivity index (χ2n) is 7.35. The molecule has 11 heteroatoms. The normalized spacial score (nSPS) is 14.9. The van der Waals surface area contributed by atoms with Crippen LogP contribution in [0.1, 0.15) is 36.0 Å². The smallest absolute Gasteiger partial charge is 0.422 e. The Bertz CT molecular complexity index is 1070. The molecule has 0 spiro atoms. The Balaban J connectivity index is 1.78. The second-order valence-corrected chi connectivity index (χ2v) is 9.04. The van der Waals surface area contributed by atoms with Crippen molar-refractivity contribution in [3.8, 4) is 11.5 Å². The molecule has 1 saturated carbocycles. The Kier molecular flexibility index (Phi) is 7.29. The molecule has 0 unspecified atom stereocenters. The minimum atomic E-state index is -4.49. The topological polar surface area (TPSA) is 93.7 Å². The molecule has 1 amide bonds. The minimum absolute atomic E-state index is 0.0409. The summed E-state index contributed by atoms with van der Waals surface area (Å²) in [6.07, 6.45) is -1.11. The number of methoxy groups -OCH3 is 1. The van der Waals surface area contributed by atoms with Gasteiger partial charge in [0.1, 0.15) is 16.4 Å². The average Bonchev–Trinajstić information content (AvgIpc) is 3.24. The lowest BCUT2D eigenvalue weighted by molar-refractivity contribution is -0.153. The van der Waals surface area contributed by atoms with Crippen LogP contribution in [0.2, 0.25) is 0 Å².